The fourth-order valence-corrected chi connectivity index (χ4v) is 5.33. The third-order valence-electron chi connectivity index (χ3n) is 7.87. The van der Waals surface area contributed by atoms with E-state index in [1.807, 2.05) is 25.1 Å². The summed E-state index contributed by atoms with van der Waals surface area (Å²) < 4.78 is 2.38. The summed E-state index contributed by atoms with van der Waals surface area (Å²) in [7, 11) is 0. The molecule has 2 N–H and O–H groups in total. The number of hydrogen-bond donors (Lipinski definition) is 2. The monoisotopic (exact) mass is 528 g/mol. The van der Waals surface area contributed by atoms with Crippen LogP contribution in [-0.2, 0) is 18.4 Å². The molecule has 198 valence electrons. The molecule has 0 aliphatic heterocycles. The molecule has 0 radical (unpaired) electrons. The average molecular weight is 529 g/mol. The number of amides is 1. The molecule has 1 aliphatic carbocycles. The number of aromatic nitrogens is 1. The van der Waals surface area contributed by atoms with Crippen LogP contribution in [0.3, 0.4) is 0 Å². The quantitative estimate of drug-likeness (QED) is 0.254. The highest BCUT2D eigenvalue weighted by Crippen LogP contribution is 2.36. The number of rotatable bonds is 7. The van der Waals surface area contributed by atoms with E-state index in [9.17, 15) is 9.90 Å². The van der Waals surface area contributed by atoms with Crippen molar-refractivity contribution < 1.29 is 9.90 Å². The van der Waals surface area contributed by atoms with Crippen LogP contribution in [-0.4, -0.2) is 15.6 Å². The van der Waals surface area contributed by atoms with E-state index >= 15 is 0 Å². The summed E-state index contributed by atoms with van der Waals surface area (Å²) in [6, 6.07) is 19.9. The van der Waals surface area contributed by atoms with Crippen molar-refractivity contribution in [1.82, 2.24) is 9.88 Å². The third-order valence-corrected chi connectivity index (χ3v) is 8.19. The number of nitrogens with one attached hydrogen (secondary N) is 1. The van der Waals surface area contributed by atoms with Gasteiger partial charge in [-0.05, 0) is 91.0 Å². The molecular weight excluding hydrogens is 492 g/mol. The maximum atomic E-state index is 13.3. The van der Waals surface area contributed by atoms with E-state index in [1.54, 1.807) is 12.1 Å². The third kappa shape index (κ3) is 5.47. The van der Waals surface area contributed by atoms with Crippen LogP contribution in [0.2, 0.25) is 5.02 Å². The Balaban J connectivity index is 1.43. The normalized spacial score (nSPS) is 14.6. The van der Waals surface area contributed by atoms with Crippen LogP contribution in [0.15, 0.2) is 60.7 Å². The lowest BCUT2D eigenvalue weighted by Crippen LogP contribution is -2.26. The minimum absolute atomic E-state index is 0.0692. The van der Waals surface area contributed by atoms with Crippen LogP contribution in [0, 0.1) is 12.8 Å². The van der Waals surface area contributed by atoms with Crippen LogP contribution in [0.5, 0.6) is 5.75 Å². The maximum Gasteiger partial charge on any atom is 0.251 e. The topological polar surface area (TPSA) is 54.3 Å². The Labute approximate surface area is 230 Å². The van der Waals surface area contributed by atoms with Crippen molar-refractivity contribution >= 4 is 28.4 Å². The van der Waals surface area contributed by atoms with Gasteiger partial charge in [-0.2, -0.15) is 0 Å². The van der Waals surface area contributed by atoms with Gasteiger partial charge in [0, 0.05) is 28.7 Å². The van der Waals surface area contributed by atoms with Gasteiger partial charge in [0.05, 0.1) is 11.1 Å². The van der Waals surface area contributed by atoms with Crippen molar-refractivity contribution in [2.45, 2.75) is 71.9 Å². The molecule has 3 aromatic carbocycles. The highest BCUT2D eigenvalue weighted by Gasteiger charge is 2.25. The van der Waals surface area contributed by atoms with E-state index in [4.69, 9.17) is 11.6 Å². The zero-order valence-corrected chi connectivity index (χ0v) is 23.7. The molecule has 1 atom stereocenters. The molecule has 0 saturated heterocycles. The van der Waals surface area contributed by atoms with Gasteiger partial charge in [0.25, 0.3) is 5.91 Å². The zero-order valence-electron chi connectivity index (χ0n) is 22.9. The second-order valence-electron chi connectivity index (χ2n) is 11.9. The van der Waals surface area contributed by atoms with Gasteiger partial charge in [0.2, 0.25) is 0 Å². The minimum Gasteiger partial charge on any atom is -0.506 e. The number of carbonyl (C=O) groups excluding carboxylic acids is 1. The van der Waals surface area contributed by atoms with E-state index in [2.05, 4.69) is 67.9 Å². The van der Waals surface area contributed by atoms with Gasteiger partial charge in [-0.1, -0.05) is 68.8 Å². The summed E-state index contributed by atoms with van der Waals surface area (Å²) in [5.74, 6) is 0.732. The molecule has 1 fully saturated rings. The van der Waals surface area contributed by atoms with Gasteiger partial charge in [-0.15, -0.1) is 0 Å². The smallest absolute Gasteiger partial charge is 0.251 e. The van der Waals surface area contributed by atoms with Gasteiger partial charge in [0.15, 0.2) is 0 Å². The van der Waals surface area contributed by atoms with E-state index in [0.29, 0.717) is 22.9 Å². The summed E-state index contributed by atoms with van der Waals surface area (Å²) in [5, 5.41) is 14.8. The first-order chi connectivity index (χ1) is 18.0. The zero-order chi connectivity index (χ0) is 27.2. The Morgan fingerprint density at radius 1 is 1.08 bits per heavy atom. The number of halogens is 1. The summed E-state index contributed by atoms with van der Waals surface area (Å²) in [5.41, 5.74) is 7.68. The van der Waals surface area contributed by atoms with E-state index in [1.165, 1.54) is 29.7 Å². The van der Waals surface area contributed by atoms with Gasteiger partial charge >= 0.3 is 0 Å². The number of aromatic hydroxyl groups is 1. The fraction of sp³-hybridized carbons (Fsp3) is 0.364. The standard InChI is InChI=1S/C33H37ClN2O2/c1-20(24-9-12-26(13-10-24)33(3,4)5)35-32(38)25-11-14-27-28(16-23-8-15-29(34)31(37)17-23)21(2)36(30(27)18-25)19-22-6-7-22/h8-15,17-18,20,22,37H,6-7,16,19H2,1-5H3,(H,35,38)/t20-/m0/s1. The van der Waals surface area contributed by atoms with E-state index in [0.717, 1.165) is 28.6 Å². The number of phenols is 1. The SMILES string of the molecule is Cc1c(Cc2ccc(Cl)c(O)c2)c2ccc(C(=O)N[C@@H](C)c3ccc(C(C)(C)C)cc3)cc2n1CC1CC1. The summed E-state index contributed by atoms with van der Waals surface area (Å²) >= 11 is 6.03. The predicted octanol–water partition coefficient (Wildman–Crippen LogP) is 8.10. The highest BCUT2D eigenvalue weighted by atomic mass is 35.5. The molecule has 1 amide bonds. The van der Waals surface area contributed by atoms with E-state index < -0.39 is 0 Å². The predicted molar refractivity (Wildman–Crippen MR) is 156 cm³/mol. The van der Waals surface area contributed by atoms with Crippen molar-refractivity contribution in [3.63, 3.8) is 0 Å². The lowest BCUT2D eigenvalue weighted by molar-refractivity contribution is 0.0940. The van der Waals surface area contributed by atoms with Crippen molar-refractivity contribution in [1.29, 1.82) is 0 Å². The summed E-state index contributed by atoms with van der Waals surface area (Å²) in [6.45, 7) is 11.8. The minimum atomic E-state index is -0.0969. The number of carbonyl (C=O) groups is 1. The van der Waals surface area contributed by atoms with Crippen LogP contribution >= 0.6 is 11.6 Å². The Kier molecular flexibility index (Phi) is 7.04. The first kappa shape index (κ1) is 26.4. The number of benzene rings is 3. The summed E-state index contributed by atoms with van der Waals surface area (Å²) in [4.78, 5) is 13.3. The average Bonchev–Trinajstić information content (AvgIpc) is 3.67. The van der Waals surface area contributed by atoms with Crippen LogP contribution in [0.1, 0.15) is 84.9 Å². The summed E-state index contributed by atoms with van der Waals surface area (Å²) in [6.07, 6.45) is 3.20. The molecule has 1 aromatic heterocycles. The molecule has 0 unspecified atom stereocenters. The Morgan fingerprint density at radius 2 is 1.79 bits per heavy atom. The van der Waals surface area contributed by atoms with Crippen molar-refractivity contribution in [3.05, 3.63) is 99.2 Å². The number of fused-ring (bicyclic) bond motifs is 1. The first-order valence-corrected chi connectivity index (χ1v) is 13.9. The molecule has 5 rings (SSSR count). The van der Waals surface area contributed by atoms with E-state index in [-0.39, 0.29) is 23.1 Å². The molecule has 4 nitrogen and oxygen atoms in total. The Bertz CT molecular complexity index is 1490. The second kappa shape index (κ2) is 10.1. The Hall–Kier alpha value is -3.24. The maximum absolute atomic E-state index is 13.3. The van der Waals surface area contributed by atoms with Gasteiger partial charge in [-0.3, -0.25) is 4.79 Å². The van der Waals surface area contributed by atoms with Crippen molar-refractivity contribution in [3.8, 4) is 5.75 Å². The largest absolute Gasteiger partial charge is 0.506 e. The lowest BCUT2D eigenvalue weighted by Gasteiger charge is -2.21. The second-order valence-corrected chi connectivity index (χ2v) is 12.3. The highest BCUT2D eigenvalue weighted by molar-refractivity contribution is 6.32. The molecule has 38 heavy (non-hydrogen) atoms. The van der Waals surface area contributed by atoms with Gasteiger partial charge in [-0.25, -0.2) is 0 Å². The Morgan fingerprint density at radius 3 is 2.42 bits per heavy atom. The molecule has 5 heteroatoms. The number of nitrogens with zero attached hydrogens (tertiary/aromatic N) is 1. The van der Waals surface area contributed by atoms with Crippen LogP contribution < -0.4 is 5.32 Å². The molecule has 1 aliphatic rings. The van der Waals surface area contributed by atoms with Gasteiger partial charge < -0.3 is 15.0 Å². The number of phenolic OH excluding ortho intramolecular Hbond substituents is 1. The molecule has 0 spiro atoms. The molecule has 4 aromatic rings. The van der Waals surface area contributed by atoms with Crippen LogP contribution in [0.4, 0.5) is 0 Å². The fourth-order valence-electron chi connectivity index (χ4n) is 5.21. The molecular formula is C33H37ClN2O2. The van der Waals surface area contributed by atoms with Crippen molar-refractivity contribution in [2.75, 3.05) is 0 Å². The van der Waals surface area contributed by atoms with Gasteiger partial charge in [0.1, 0.15) is 5.75 Å². The molecule has 0 bridgehead atoms. The first-order valence-electron chi connectivity index (χ1n) is 13.5. The molecule has 1 heterocycles. The van der Waals surface area contributed by atoms with Crippen LogP contribution in [0.25, 0.3) is 10.9 Å². The lowest BCUT2D eigenvalue weighted by atomic mass is 9.86. The van der Waals surface area contributed by atoms with Crippen molar-refractivity contribution in [2.24, 2.45) is 5.92 Å². The number of hydrogen-bond acceptors (Lipinski definition) is 2. The molecule has 1 saturated carbocycles.